The van der Waals surface area contributed by atoms with E-state index in [0.29, 0.717) is 19.8 Å². The maximum atomic E-state index is 13.7. The van der Waals surface area contributed by atoms with Crippen LogP contribution in [0.3, 0.4) is 0 Å². The molecule has 2 aromatic rings. The summed E-state index contributed by atoms with van der Waals surface area (Å²) in [7, 11) is 0. The van der Waals surface area contributed by atoms with E-state index >= 15 is 0 Å². The lowest BCUT2D eigenvalue weighted by Gasteiger charge is -2.45. The molecule has 0 unspecified atom stereocenters. The van der Waals surface area contributed by atoms with Crippen molar-refractivity contribution < 1.29 is 14.3 Å². The highest BCUT2D eigenvalue weighted by atomic mass is 16.6. The van der Waals surface area contributed by atoms with Crippen molar-refractivity contribution in [2.24, 2.45) is 0 Å². The van der Waals surface area contributed by atoms with Crippen LogP contribution in [0.4, 0.5) is 11.4 Å². The van der Waals surface area contributed by atoms with Crippen molar-refractivity contribution in [3.63, 3.8) is 0 Å². The number of para-hydroxylation sites is 2. The van der Waals surface area contributed by atoms with Gasteiger partial charge in [0.15, 0.2) is 0 Å². The Labute approximate surface area is 172 Å². The first-order chi connectivity index (χ1) is 14.0. The molecule has 5 nitrogen and oxygen atoms in total. The lowest BCUT2D eigenvalue weighted by Crippen LogP contribution is -2.60. The molecule has 0 spiro atoms. The molecule has 0 radical (unpaired) electrons. The largest absolute Gasteiger partial charge is 0.377 e. The molecule has 5 heteroatoms. The molecular formula is C24H28N2O3. The number of fused-ring (bicyclic) bond motifs is 3. The number of morpholine rings is 1. The molecule has 2 saturated heterocycles. The molecule has 1 amide bonds. The first-order valence-electron chi connectivity index (χ1n) is 10.5. The van der Waals surface area contributed by atoms with Gasteiger partial charge in [-0.1, -0.05) is 36.4 Å². The smallest absolute Gasteiger partial charge is 0.245 e. The minimum absolute atomic E-state index is 0.0373. The molecule has 0 aromatic heterocycles. The summed E-state index contributed by atoms with van der Waals surface area (Å²) < 4.78 is 11.9. The number of hydrogen-bond donors (Lipinski definition) is 0. The van der Waals surface area contributed by atoms with Crippen molar-refractivity contribution in [1.82, 2.24) is 4.90 Å². The molecule has 152 valence electrons. The van der Waals surface area contributed by atoms with Gasteiger partial charge in [-0.2, -0.15) is 0 Å². The number of carbonyl (C=O) groups is 1. The third-order valence-electron chi connectivity index (χ3n) is 6.24. The fourth-order valence-electron chi connectivity index (χ4n) is 5.00. The number of anilines is 2. The van der Waals surface area contributed by atoms with Gasteiger partial charge in [0, 0.05) is 6.54 Å². The van der Waals surface area contributed by atoms with Crippen LogP contribution in [0.5, 0.6) is 0 Å². The molecule has 2 fully saturated rings. The number of carbonyl (C=O) groups excluding carboxylic acids is 1. The lowest BCUT2D eigenvalue weighted by atomic mass is 10.0. The lowest BCUT2D eigenvalue weighted by molar-refractivity contribution is -0.152. The number of hydrogen-bond acceptors (Lipinski definition) is 4. The van der Waals surface area contributed by atoms with Gasteiger partial charge in [-0.05, 0) is 49.9 Å². The Kier molecular flexibility index (Phi) is 4.69. The number of aryl methyl sites for hydroxylation is 2. The zero-order valence-electron chi connectivity index (χ0n) is 17.1. The van der Waals surface area contributed by atoms with Gasteiger partial charge in [-0.3, -0.25) is 14.6 Å². The third-order valence-corrected chi connectivity index (χ3v) is 6.24. The summed E-state index contributed by atoms with van der Waals surface area (Å²) in [6, 6.07) is 16.7. The van der Waals surface area contributed by atoms with E-state index in [1.807, 2.05) is 17.0 Å². The Balaban J connectivity index is 1.49. The monoisotopic (exact) mass is 392 g/mol. The minimum atomic E-state index is -0.288. The highest BCUT2D eigenvalue weighted by Crippen LogP contribution is 2.37. The molecule has 0 N–H and O–H groups in total. The van der Waals surface area contributed by atoms with E-state index in [0.717, 1.165) is 30.8 Å². The molecule has 0 aliphatic carbocycles. The quantitative estimate of drug-likeness (QED) is 0.786. The number of nitrogens with zero attached hydrogens (tertiary/aromatic N) is 2. The molecule has 29 heavy (non-hydrogen) atoms. The number of rotatable bonds is 2. The van der Waals surface area contributed by atoms with Gasteiger partial charge in [-0.25, -0.2) is 0 Å². The van der Waals surface area contributed by atoms with E-state index in [4.69, 9.17) is 9.47 Å². The fourth-order valence-corrected chi connectivity index (χ4v) is 5.00. The van der Waals surface area contributed by atoms with Crippen molar-refractivity contribution >= 4 is 17.3 Å². The van der Waals surface area contributed by atoms with Gasteiger partial charge < -0.3 is 9.47 Å². The van der Waals surface area contributed by atoms with Crippen LogP contribution in [0.1, 0.15) is 25.0 Å². The van der Waals surface area contributed by atoms with Gasteiger partial charge in [0.05, 0.1) is 48.9 Å². The van der Waals surface area contributed by atoms with Gasteiger partial charge in [0.1, 0.15) is 0 Å². The summed E-state index contributed by atoms with van der Waals surface area (Å²) in [5, 5.41) is 0. The van der Waals surface area contributed by atoms with E-state index in [2.05, 4.69) is 55.1 Å². The number of ether oxygens (including phenoxy) is 2. The van der Waals surface area contributed by atoms with Crippen molar-refractivity contribution in [2.45, 2.75) is 44.4 Å². The van der Waals surface area contributed by atoms with Crippen molar-refractivity contribution in [2.75, 3.05) is 31.2 Å². The summed E-state index contributed by atoms with van der Waals surface area (Å²) in [5.41, 5.74) is 4.18. The van der Waals surface area contributed by atoms with E-state index in [1.54, 1.807) is 0 Å². The van der Waals surface area contributed by atoms with Crippen molar-refractivity contribution in [1.29, 1.82) is 0 Å². The first-order valence-corrected chi connectivity index (χ1v) is 10.5. The highest BCUT2D eigenvalue weighted by Gasteiger charge is 2.45. The highest BCUT2D eigenvalue weighted by molar-refractivity contribution is 6.03. The van der Waals surface area contributed by atoms with Gasteiger partial charge in [0.2, 0.25) is 5.91 Å². The number of amides is 1. The van der Waals surface area contributed by atoms with Crippen LogP contribution in [-0.2, 0) is 27.1 Å². The molecule has 0 bridgehead atoms. The van der Waals surface area contributed by atoms with Gasteiger partial charge in [0.25, 0.3) is 0 Å². The maximum Gasteiger partial charge on any atom is 0.245 e. The fraction of sp³-hybridized carbons (Fsp3) is 0.458. The molecule has 3 aliphatic rings. The number of benzene rings is 2. The zero-order valence-corrected chi connectivity index (χ0v) is 17.1. The van der Waals surface area contributed by atoms with Crippen molar-refractivity contribution in [3.8, 4) is 0 Å². The van der Waals surface area contributed by atoms with E-state index in [1.165, 1.54) is 11.1 Å². The second-order valence-electron chi connectivity index (χ2n) is 8.91. The summed E-state index contributed by atoms with van der Waals surface area (Å²) >= 11 is 0. The van der Waals surface area contributed by atoms with Gasteiger partial charge in [-0.15, -0.1) is 0 Å². The minimum Gasteiger partial charge on any atom is -0.377 e. The predicted octanol–water partition coefficient (Wildman–Crippen LogP) is 3.33. The summed E-state index contributed by atoms with van der Waals surface area (Å²) in [5.74, 6) is 0.107. The topological polar surface area (TPSA) is 42.0 Å². The maximum absolute atomic E-state index is 13.7. The van der Waals surface area contributed by atoms with Crippen molar-refractivity contribution in [3.05, 3.63) is 59.7 Å². The van der Waals surface area contributed by atoms with Crippen LogP contribution in [0.25, 0.3) is 0 Å². The molecule has 2 atom stereocenters. The van der Waals surface area contributed by atoms with E-state index < -0.39 is 0 Å². The standard InChI is InChI=1S/C24H28N2O3/c1-24(2)16-25(21-14-28-15-22(21)29-24)13-23(27)26-19-9-5-3-7-17(19)11-12-18-8-4-6-10-20(18)26/h3-10,21-22H,11-16H2,1-2H3/t21-,22-/m1/s1. The molecule has 3 aliphatic heterocycles. The van der Waals surface area contributed by atoms with E-state index in [9.17, 15) is 4.79 Å². The SMILES string of the molecule is CC1(C)CN(CC(=O)N2c3ccccc3CCc3ccccc32)[C@@H]2COC[C@H]2O1. The molecule has 5 rings (SSSR count). The second-order valence-corrected chi connectivity index (χ2v) is 8.91. The van der Waals surface area contributed by atoms with Crippen LogP contribution in [-0.4, -0.2) is 54.9 Å². The Hall–Kier alpha value is -2.21. The first kappa shape index (κ1) is 18.8. The molecule has 3 heterocycles. The van der Waals surface area contributed by atoms with Crippen LogP contribution >= 0.6 is 0 Å². The Bertz CT molecular complexity index is 878. The predicted molar refractivity (Wildman–Crippen MR) is 113 cm³/mol. The Morgan fingerprint density at radius 1 is 1.00 bits per heavy atom. The summed E-state index contributed by atoms with van der Waals surface area (Å²) in [4.78, 5) is 17.9. The normalized spacial score (nSPS) is 25.7. The van der Waals surface area contributed by atoms with E-state index in [-0.39, 0.29) is 23.7 Å². The van der Waals surface area contributed by atoms with Crippen LogP contribution in [0.15, 0.2) is 48.5 Å². The molecular weight excluding hydrogens is 364 g/mol. The Morgan fingerprint density at radius 2 is 1.62 bits per heavy atom. The van der Waals surface area contributed by atoms with Gasteiger partial charge >= 0.3 is 0 Å². The van der Waals surface area contributed by atoms with Crippen LogP contribution < -0.4 is 4.90 Å². The average molecular weight is 392 g/mol. The second kappa shape index (κ2) is 7.24. The average Bonchev–Trinajstić information content (AvgIpc) is 3.08. The molecule has 2 aromatic carbocycles. The van der Waals surface area contributed by atoms with Crippen LogP contribution in [0.2, 0.25) is 0 Å². The summed E-state index contributed by atoms with van der Waals surface area (Å²) in [6.45, 7) is 6.50. The zero-order chi connectivity index (χ0) is 20.0. The Morgan fingerprint density at radius 3 is 2.28 bits per heavy atom. The molecule has 0 saturated carbocycles. The summed E-state index contributed by atoms with van der Waals surface area (Å²) in [6.07, 6.45) is 1.93. The van der Waals surface area contributed by atoms with Crippen LogP contribution in [0, 0.1) is 0 Å². The third kappa shape index (κ3) is 3.48.